The molecule has 7 nitrogen and oxygen atoms in total. The molecule has 0 aliphatic heterocycles. The van der Waals surface area contributed by atoms with E-state index in [9.17, 15) is 18.0 Å². The Kier molecular flexibility index (Phi) is 9.44. The minimum absolute atomic E-state index is 0.102. The molecule has 0 bridgehead atoms. The number of halogens is 3. The van der Waals surface area contributed by atoms with Crippen molar-refractivity contribution in [1.29, 1.82) is 0 Å². The van der Waals surface area contributed by atoms with Gasteiger partial charge in [-0.2, -0.15) is 0 Å². The van der Waals surface area contributed by atoms with Crippen LogP contribution in [0.4, 0.5) is 5.69 Å². The van der Waals surface area contributed by atoms with Crippen LogP contribution in [-0.4, -0.2) is 49.5 Å². The van der Waals surface area contributed by atoms with Crippen molar-refractivity contribution < 1.29 is 18.0 Å². The summed E-state index contributed by atoms with van der Waals surface area (Å²) in [6, 6.07) is 10.7. The first-order chi connectivity index (χ1) is 15.6. The number of carbonyl (C=O) groups is 2. The van der Waals surface area contributed by atoms with Gasteiger partial charge in [0.2, 0.25) is 21.8 Å². The van der Waals surface area contributed by atoms with Crippen LogP contribution in [0.3, 0.4) is 0 Å². The molecule has 2 aromatic carbocycles. The van der Waals surface area contributed by atoms with Gasteiger partial charge < -0.3 is 10.2 Å². The number of hydrogen-bond donors (Lipinski definition) is 1. The summed E-state index contributed by atoms with van der Waals surface area (Å²) in [5.41, 5.74) is 0.420. The molecule has 0 heterocycles. The van der Waals surface area contributed by atoms with Crippen LogP contribution in [0, 0.1) is 0 Å². The molecule has 0 saturated carbocycles. The van der Waals surface area contributed by atoms with Gasteiger partial charge in [-0.3, -0.25) is 13.9 Å². The number of benzene rings is 2. The largest absolute Gasteiger partial charge is 0.350 e. The maximum atomic E-state index is 13.5. The van der Waals surface area contributed by atoms with Gasteiger partial charge >= 0.3 is 0 Å². The van der Waals surface area contributed by atoms with Crippen molar-refractivity contribution in [2.24, 2.45) is 0 Å². The van der Waals surface area contributed by atoms with Crippen LogP contribution >= 0.6 is 39.1 Å². The molecule has 0 saturated heterocycles. The fourth-order valence-electron chi connectivity index (χ4n) is 3.19. The second kappa shape index (κ2) is 11.3. The number of nitrogens with zero attached hydrogens (tertiary/aromatic N) is 2. The molecular formula is C23H28BrCl2N3O4S. The SMILES string of the molecule is CC(C(=O)NC(C)(C)C)N(Cc1cccc(Br)c1)C(=O)CN(c1cc(Cl)cc(Cl)c1)S(C)(=O)=O. The highest BCUT2D eigenvalue weighted by atomic mass is 79.9. The molecule has 0 radical (unpaired) electrons. The highest BCUT2D eigenvalue weighted by Gasteiger charge is 2.31. The van der Waals surface area contributed by atoms with Crippen LogP contribution in [0.25, 0.3) is 0 Å². The second-order valence-corrected chi connectivity index (χ2v) is 12.7. The second-order valence-electron chi connectivity index (χ2n) is 8.96. The average Bonchev–Trinajstić information content (AvgIpc) is 2.66. The predicted octanol–water partition coefficient (Wildman–Crippen LogP) is 4.85. The predicted molar refractivity (Wildman–Crippen MR) is 141 cm³/mol. The number of hydrogen-bond acceptors (Lipinski definition) is 4. The Morgan fingerprint density at radius 2 is 1.68 bits per heavy atom. The molecule has 0 spiro atoms. The molecule has 34 heavy (non-hydrogen) atoms. The molecule has 0 aliphatic carbocycles. The van der Waals surface area contributed by atoms with E-state index < -0.39 is 34.1 Å². The third-order valence-corrected chi connectivity index (χ3v) is 6.79. The van der Waals surface area contributed by atoms with Crippen molar-refractivity contribution in [3.8, 4) is 0 Å². The quantitative estimate of drug-likeness (QED) is 0.474. The molecule has 1 atom stereocenters. The van der Waals surface area contributed by atoms with Crippen molar-refractivity contribution in [2.45, 2.75) is 45.8 Å². The lowest BCUT2D eigenvalue weighted by atomic mass is 10.1. The summed E-state index contributed by atoms with van der Waals surface area (Å²) in [7, 11) is -3.87. The lowest BCUT2D eigenvalue weighted by Gasteiger charge is -2.33. The van der Waals surface area contributed by atoms with Crippen molar-refractivity contribution in [2.75, 3.05) is 17.1 Å². The Hall–Kier alpha value is -1.81. The van der Waals surface area contributed by atoms with Gasteiger partial charge in [-0.25, -0.2) is 8.42 Å². The number of amides is 2. The van der Waals surface area contributed by atoms with Crippen molar-refractivity contribution in [1.82, 2.24) is 10.2 Å². The topological polar surface area (TPSA) is 86.8 Å². The van der Waals surface area contributed by atoms with Crippen molar-refractivity contribution in [3.05, 3.63) is 62.5 Å². The van der Waals surface area contributed by atoms with Gasteiger partial charge in [-0.15, -0.1) is 0 Å². The zero-order chi connectivity index (χ0) is 25.8. The fourth-order valence-corrected chi connectivity index (χ4v) is 4.98. The number of anilines is 1. The van der Waals surface area contributed by atoms with E-state index in [0.717, 1.165) is 20.6 Å². The minimum Gasteiger partial charge on any atom is -0.350 e. The average molecular weight is 593 g/mol. The molecule has 0 fully saturated rings. The normalized spacial score (nSPS) is 12.7. The fraction of sp³-hybridized carbons (Fsp3) is 0.391. The first-order valence-electron chi connectivity index (χ1n) is 10.4. The van der Waals surface area contributed by atoms with Crippen LogP contribution in [0.5, 0.6) is 0 Å². The van der Waals surface area contributed by atoms with Crippen molar-refractivity contribution in [3.63, 3.8) is 0 Å². The molecule has 1 unspecified atom stereocenters. The Morgan fingerprint density at radius 1 is 1.09 bits per heavy atom. The third-order valence-electron chi connectivity index (χ3n) is 4.72. The van der Waals surface area contributed by atoms with Gasteiger partial charge in [0.25, 0.3) is 0 Å². The zero-order valence-corrected chi connectivity index (χ0v) is 23.5. The molecule has 11 heteroatoms. The first kappa shape index (κ1) is 28.4. The van der Waals surface area contributed by atoms with Gasteiger partial charge in [-0.1, -0.05) is 51.3 Å². The molecule has 1 N–H and O–H groups in total. The Morgan fingerprint density at radius 3 is 2.18 bits per heavy atom. The Balaban J connectivity index is 2.44. The summed E-state index contributed by atoms with van der Waals surface area (Å²) >= 11 is 15.5. The lowest BCUT2D eigenvalue weighted by molar-refractivity contribution is -0.140. The lowest BCUT2D eigenvalue weighted by Crippen LogP contribution is -2.54. The highest BCUT2D eigenvalue weighted by Crippen LogP contribution is 2.27. The molecular weight excluding hydrogens is 565 g/mol. The molecule has 0 aromatic heterocycles. The van der Waals surface area contributed by atoms with E-state index in [0.29, 0.717) is 0 Å². The first-order valence-corrected chi connectivity index (χ1v) is 13.8. The zero-order valence-electron chi connectivity index (χ0n) is 19.6. The molecule has 2 aromatic rings. The summed E-state index contributed by atoms with van der Waals surface area (Å²) in [6.45, 7) is 6.70. The summed E-state index contributed by atoms with van der Waals surface area (Å²) in [4.78, 5) is 27.8. The van der Waals surface area contributed by atoms with Gasteiger partial charge in [0, 0.05) is 26.6 Å². The van der Waals surface area contributed by atoms with Gasteiger partial charge in [0.15, 0.2) is 0 Å². The van der Waals surface area contributed by atoms with E-state index in [-0.39, 0.29) is 28.2 Å². The van der Waals surface area contributed by atoms with Gasteiger partial charge in [0.1, 0.15) is 12.6 Å². The van der Waals surface area contributed by atoms with Crippen LogP contribution in [0.2, 0.25) is 10.0 Å². The number of sulfonamides is 1. The monoisotopic (exact) mass is 591 g/mol. The summed E-state index contributed by atoms with van der Waals surface area (Å²) < 4.78 is 26.9. The molecule has 2 amide bonds. The molecule has 0 aliphatic rings. The Bertz CT molecular complexity index is 1150. The van der Waals surface area contributed by atoms with Crippen LogP contribution < -0.4 is 9.62 Å². The highest BCUT2D eigenvalue weighted by molar-refractivity contribution is 9.10. The van der Waals surface area contributed by atoms with Gasteiger partial charge in [0.05, 0.1) is 11.9 Å². The van der Waals surface area contributed by atoms with E-state index in [1.807, 2.05) is 45.0 Å². The maximum Gasteiger partial charge on any atom is 0.244 e. The van der Waals surface area contributed by atoms with E-state index in [4.69, 9.17) is 23.2 Å². The standard InChI is InChI=1S/C23H28BrCl2N3O4S/c1-15(22(31)27-23(2,3)4)28(13-16-7-6-8-17(24)9-16)21(30)14-29(34(5,32)33)20-11-18(25)10-19(26)12-20/h6-12,15H,13-14H2,1-5H3,(H,27,31). The van der Waals surface area contributed by atoms with Crippen molar-refractivity contribution >= 4 is 66.7 Å². The molecule has 2 rings (SSSR count). The number of carbonyl (C=O) groups excluding carboxylic acids is 2. The van der Waals surface area contributed by atoms with E-state index in [1.54, 1.807) is 6.92 Å². The van der Waals surface area contributed by atoms with Crippen LogP contribution in [0.1, 0.15) is 33.3 Å². The van der Waals surface area contributed by atoms with E-state index >= 15 is 0 Å². The summed E-state index contributed by atoms with van der Waals surface area (Å²) in [6.07, 6.45) is 0.990. The van der Waals surface area contributed by atoms with E-state index in [2.05, 4.69) is 21.2 Å². The summed E-state index contributed by atoms with van der Waals surface area (Å²) in [5.74, 6) is -0.911. The van der Waals surface area contributed by atoms with Crippen LogP contribution in [0.15, 0.2) is 46.9 Å². The minimum atomic E-state index is -3.87. The maximum absolute atomic E-state index is 13.5. The van der Waals surface area contributed by atoms with Crippen LogP contribution in [-0.2, 0) is 26.2 Å². The van der Waals surface area contributed by atoms with E-state index in [1.165, 1.54) is 23.1 Å². The molecule has 186 valence electrons. The third kappa shape index (κ3) is 8.45. The summed E-state index contributed by atoms with van der Waals surface area (Å²) in [5, 5.41) is 3.33. The number of rotatable bonds is 8. The number of nitrogens with one attached hydrogen (secondary N) is 1. The van der Waals surface area contributed by atoms with Gasteiger partial charge in [-0.05, 0) is 63.6 Å². The smallest absolute Gasteiger partial charge is 0.244 e. The Labute approximate surface area is 219 Å².